The van der Waals surface area contributed by atoms with Gasteiger partial charge in [0, 0.05) is 38.6 Å². The minimum absolute atomic E-state index is 0.700. The minimum atomic E-state index is 0.700. The van der Waals surface area contributed by atoms with E-state index in [2.05, 4.69) is 119 Å². The molecule has 8 rings (SSSR count). The van der Waals surface area contributed by atoms with Crippen LogP contribution < -0.4 is 0 Å². The van der Waals surface area contributed by atoms with Crippen LogP contribution in [0.15, 0.2) is 133 Å². The standard InChI is InChI=1S/C44H34N4/c1-27-29(3)40(32-17-10-6-11-18-32)47-42-36(27)23-24-37-28(2)30(4)41(48-43(37)42)35-22-14-21-34(25-35)39-26-38(31-15-8-5-9-16-31)45-44(46-39)33-19-12-7-13-20-33/h5-26H,1-4H3. The number of hydrogen-bond donors (Lipinski definition) is 0. The molecule has 5 aromatic carbocycles. The maximum atomic E-state index is 5.41. The molecule has 0 aliphatic heterocycles. The fourth-order valence-electron chi connectivity index (χ4n) is 6.61. The zero-order valence-corrected chi connectivity index (χ0v) is 27.5. The molecule has 0 amide bonds. The van der Waals surface area contributed by atoms with Crippen molar-refractivity contribution in [3.8, 4) is 56.4 Å². The van der Waals surface area contributed by atoms with Gasteiger partial charge in [0.25, 0.3) is 0 Å². The first kappa shape index (κ1) is 29.4. The molecule has 0 bridgehead atoms. The quantitative estimate of drug-likeness (QED) is 0.180. The van der Waals surface area contributed by atoms with Crippen LogP contribution in [0.3, 0.4) is 0 Å². The van der Waals surface area contributed by atoms with Crippen LogP contribution in [0, 0.1) is 27.7 Å². The molecule has 0 saturated carbocycles. The van der Waals surface area contributed by atoms with E-state index in [1.807, 2.05) is 42.5 Å². The van der Waals surface area contributed by atoms with Gasteiger partial charge in [0.1, 0.15) is 0 Å². The molecule has 4 nitrogen and oxygen atoms in total. The van der Waals surface area contributed by atoms with E-state index in [0.717, 1.165) is 78.0 Å². The van der Waals surface area contributed by atoms with E-state index in [9.17, 15) is 0 Å². The van der Waals surface area contributed by atoms with Crippen LogP contribution in [0.25, 0.3) is 78.2 Å². The van der Waals surface area contributed by atoms with Gasteiger partial charge in [-0.1, -0.05) is 121 Å². The number of benzene rings is 5. The summed E-state index contributed by atoms with van der Waals surface area (Å²) in [7, 11) is 0. The summed E-state index contributed by atoms with van der Waals surface area (Å²) in [4.78, 5) is 20.8. The summed E-state index contributed by atoms with van der Waals surface area (Å²) in [6.45, 7) is 8.72. The van der Waals surface area contributed by atoms with E-state index in [1.54, 1.807) is 0 Å². The largest absolute Gasteiger partial charge is 0.245 e. The molecule has 0 aliphatic carbocycles. The average Bonchev–Trinajstić information content (AvgIpc) is 3.15. The molecular formula is C44H34N4. The van der Waals surface area contributed by atoms with Crippen molar-refractivity contribution in [3.63, 3.8) is 0 Å². The van der Waals surface area contributed by atoms with Crippen LogP contribution in [-0.2, 0) is 0 Å². The number of nitrogens with zero attached hydrogens (tertiary/aromatic N) is 4. The Bertz CT molecular complexity index is 2410. The Morgan fingerprint density at radius 3 is 1.33 bits per heavy atom. The van der Waals surface area contributed by atoms with Crippen molar-refractivity contribution in [3.05, 3.63) is 156 Å². The number of pyridine rings is 2. The highest BCUT2D eigenvalue weighted by Gasteiger charge is 2.18. The van der Waals surface area contributed by atoms with Gasteiger partial charge in [0.15, 0.2) is 5.82 Å². The smallest absolute Gasteiger partial charge is 0.160 e. The second-order valence-electron chi connectivity index (χ2n) is 12.4. The fraction of sp³-hybridized carbons (Fsp3) is 0.0909. The van der Waals surface area contributed by atoms with Gasteiger partial charge in [-0.3, -0.25) is 0 Å². The van der Waals surface area contributed by atoms with E-state index in [4.69, 9.17) is 19.9 Å². The fourth-order valence-corrected chi connectivity index (χ4v) is 6.61. The maximum Gasteiger partial charge on any atom is 0.160 e. The number of aryl methyl sites for hydroxylation is 2. The van der Waals surface area contributed by atoms with Crippen molar-refractivity contribution in [2.75, 3.05) is 0 Å². The highest BCUT2D eigenvalue weighted by atomic mass is 14.9. The lowest BCUT2D eigenvalue weighted by molar-refractivity contribution is 1.18. The molecule has 3 heterocycles. The first-order chi connectivity index (χ1) is 23.5. The maximum absolute atomic E-state index is 5.41. The van der Waals surface area contributed by atoms with Crippen molar-refractivity contribution in [2.45, 2.75) is 27.7 Å². The highest BCUT2D eigenvalue weighted by molar-refractivity contribution is 6.07. The molecule has 0 atom stereocenters. The van der Waals surface area contributed by atoms with E-state index in [1.165, 1.54) is 16.7 Å². The third-order valence-electron chi connectivity index (χ3n) is 9.55. The molecule has 4 heteroatoms. The number of hydrogen-bond acceptors (Lipinski definition) is 4. The highest BCUT2D eigenvalue weighted by Crippen LogP contribution is 2.37. The molecule has 0 spiro atoms. The predicted molar refractivity (Wildman–Crippen MR) is 199 cm³/mol. The van der Waals surface area contributed by atoms with Crippen LogP contribution in [-0.4, -0.2) is 19.9 Å². The lowest BCUT2D eigenvalue weighted by Gasteiger charge is -2.17. The Morgan fingerprint density at radius 1 is 0.333 bits per heavy atom. The summed E-state index contributed by atoms with van der Waals surface area (Å²) >= 11 is 0. The average molecular weight is 619 g/mol. The number of rotatable bonds is 5. The molecule has 48 heavy (non-hydrogen) atoms. The van der Waals surface area contributed by atoms with Gasteiger partial charge < -0.3 is 0 Å². The molecule has 0 N–H and O–H groups in total. The molecule has 3 aromatic heterocycles. The van der Waals surface area contributed by atoms with Crippen molar-refractivity contribution < 1.29 is 0 Å². The second kappa shape index (κ2) is 12.0. The monoisotopic (exact) mass is 618 g/mol. The van der Waals surface area contributed by atoms with Crippen molar-refractivity contribution in [1.82, 2.24) is 19.9 Å². The van der Waals surface area contributed by atoms with Gasteiger partial charge in [-0.15, -0.1) is 0 Å². The third-order valence-corrected chi connectivity index (χ3v) is 9.55. The summed E-state index contributed by atoms with van der Waals surface area (Å²) < 4.78 is 0. The van der Waals surface area contributed by atoms with Gasteiger partial charge in [0.2, 0.25) is 0 Å². The van der Waals surface area contributed by atoms with Crippen LogP contribution in [0.2, 0.25) is 0 Å². The first-order valence-electron chi connectivity index (χ1n) is 16.3. The van der Waals surface area contributed by atoms with E-state index < -0.39 is 0 Å². The van der Waals surface area contributed by atoms with E-state index >= 15 is 0 Å². The van der Waals surface area contributed by atoms with Crippen molar-refractivity contribution in [2.24, 2.45) is 0 Å². The van der Waals surface area contributed by atoms with Gasteiger partial charge in [-0.25, -0.2) is 19.9 Å². The van der Waals surface area contributed by atoms with Gasteiger partial charge in [-0.2, -0.15) is 0 Å². The minimum Gasteiger partial charge on any atom is -0.245 e. The summed E-state index contributed by atoms with van der Waals surface area (Å²) in [6.07, 6.45) is 0. The van der Waals surface area contributed by atoms with Gasteiger partial charge >= 0.3 is 0 Å². The van der Waals surface area contributed by atoms with E-state index in [-0.39, 0.29) is 0 Å². The molecular weight excluding hydrogens is 585 g/mol. The van der Waals surface area contributed by atoms with Crippen molar-refractivity contribution in [1.29, 1.82) is 0 Å². The Kier molecular flexibility index (Phi) is 7.34. The Labute approximate surface area is 280 Å². The molecule has 0 aliphatic rings. The van der Waals surface area contributed by atoms with Crippen LogP contribution in [0.1, 0.15) is 22.3 Å². The first-order valence-corrected chi connectivity index (χ1v) is 16.3. The van der Waals surface area contributed by atoms with Crippen LogP contribution >= 0.6 is 0 Å². The predicted octanol–water partition coefficient (Wildman–Crippen LogP) is 11.1. The van der Waals surface area contributed by atoms with Crippen LogP contribution in [0.5, 0.6) is 0 Å². The summed E-state index contributed by atoms with van der Waals surface area (Å²) in [6, 6.07) is 46.0. The third kappa shape index (κ3) is 5.12. The molecule has 0 unspecified atom stereocenters. The molecule has 230 valence electrons. The molecule has 0 saturated heterocycles. The Morgan fingerprint density at radius 2 is 0.771 bits per heavy atom. The molecule has 0 radical (unpaired) electrons. The zero-order chi connectivity index (χ0) is 32.8. The lowest BCUT2D eigenvalue weighted by Crippen LogP contribution is -2.00. The lowest BCUT2D eigenvalue weighted by atomic mass is 9.94. The zero-order valence-electron chi connectivity index (χ0n) is 27.5. The number of fused-ring (bicyclic) bond motifs is 3. The second-order valence-corrected chi connectivity index (χ2v) is 12.4. The van der Waals surface area contributed by atoms with Crippen molar-refractivity contribution >= 4 is 21.8 Å². The van der Waals surface area contributed by atoms with Crippen LogP contribution in [0.4, 0.5) is 0 Å². The Balaban J connectivity index is 1.32. The van der Waals surface area contributed by atoms with E-state index in [0.29, 0.717) is 5.82 Å². The molecule has 8 aromatic rings. The number of aromatic nitrogens is 4. The van der Waals surface area contributed by atoms with Gasteiger partial charge in [-0.05, 0) is 62.1 Å². The topological polar surface area (TPSA) is 51.6 Å². The normalized spacial score (nSPS) is 11.3. The van der Waals surface area contributed by atoms with Gasteiger partial charge in [0.05, 0.1) is 33.8 Å². The summed E-state index contributed by atoms with van der Waals surface area (Å²) in [5.74, 6) is 0.700. The summed E-state index contributed by atoms with van der Waals surface area (Å²) in [5, 5.41) is 2.27. The summed E-state index contributed by atoms with van der Waals surface area (Å²) in [5.41, 5.74) is 15.6. The molecule has 0 fully saturated rings. The Hall–Kier alpha value is -6.00. The SMILES string of the molecule is Cc1c(-c2ccccc2)nc2c(ccc3c(C)c(C)c(-c4cccc(-c5cc(-c6ccccc6)nc(-c6ccccc6)n5)c4)nc32)c1C.